The van der Waals surface area contributed by atoms with Gasteiger partial charge in [-0.2, -0.15) is 4.98 Å². The highest BCUT2D eigenvalue weighted by molar-refractivity contribution is 5.77. The van der Waals surface area contributed by atoms with E-state index in [0.29, 0.717) is 48.0 Å². The van der Waals surface area contributed by atoms with Crippen LogP contribution in [-0.2, 0) is 4.79 Å². The van der Waals surface area contributed by atoms with Crippen LogP contribution >= 0.6 is 0 Å². The largest absolute Gasteiger partial charge is 0.508 e. The van der Waals surface area contributed by atoms with Gasteiger partial charge in [0, 0.05) is 31.1 Å². The molecule has 174 valence electrons. The number of nitrogens with one attached hydrogen (secondary N) is 2. The molecular weight excluding hydrogens is 434 g/mol. The Morgan fingerprint density at radius 2 is 2.09 bits per heavy atom. The number of aliphatic imine (C=N–C) groups is 1. The predicted molar refractivity (Wildman–Crippen MR) is 130 cm³/mol. The molecular formula is C25H25N5O4. The lowest BCUT2D eigenvalue weighted by atomic mass is 10.1. The number of ether oxygens (including phenoxy) is 1. The Morgan fingerprint density at radius 3 is 2.88 bits per heavy atom. The van der Waals surface area contributed by atoms with Crippen LogP contribution in [0.1, 0.15) is 5.56 Å². The second-order valence-corrected chi connectivity index (χ2v) is 7.78. The number of amides is 1. The van der Waals surface area contributed by atoms with Crippen molar-refractivity contribution in [1.82, 2.24) is 20.2 Å². The molecule has 0 unspecified atom stereocenters. The highest BCUT2D eigenvalue weighted by Gasteiger charge is 2.10. The average Bonchev–Trinajstić information content (AvgIpc) is 2.85. The number of aromatic nitrogens is 2. The lowest BCUT2D eigenvalue weighted by molar-refractivity contribution is -0.123. The van der Waals surface area contributed by atoms with Gasteiger partial charge in [0.1, 0.15) is 18.2 Å². The number of carbonyl (C=O) groups is 1. The number of aromatic hydroxyl groups is 1. The number of H-pyrrole nitrogens is 1. The Bertz CT molecular complexity index is 1300. The van der Waals surface area contributed by atoms with Gasteiger partial charge >= 0.3 is 5.69 Å². The van der Waals surface area contributed by atoms with Crippen LogP contribution in [0, 0.1) is 6.92 Å². The molecule has 4 rings (SSSR count). The Labute approximate surface area is 196 Å². The number of hydrogen-bond donors (Lipinski definition) is 3. The lowest BCUT2D eigenvalue weighted by Crippen LogP contribution is -2.35. The summed E-state index contributed by atoms with van der Waals surface area (Å²) in [5.41, 5.74) is 2.70. The van der Waals surface area contributed by atoms with Crippen LogP contribution < -0.4 is 15.7 Å². The SMILES string of the molecule is Cc1cc(-c2cc(-c3cccc(OCC(=O)NCCN4C=CC=NC4)c3)nc(=O)[nH]2)ccc1O. The van der Waals surface area contributed by atoms with Crippen LogP contribution in [0.15, 0.2) is 70.6 Å². The summed E-state index contributed by atoms with van der Waals surface area (Å²) in [6.45, 7) is 3.39. The van der Waals surface area contributed by atoms with Gasteiger partial charge in [0.15, 0.2) is 6.61 Å². The van der Waals surface area contributed by atoms with Crippen LogP contribution in [0.5, 0.6) is 11.5 Å². The molecule has 3 aromatic rings. The van der Waals surface area contributed by atoms with E-state index >= 15 is 0 Å². The third-order valence-corrected chi connectivity index (χ3v) is 5.23. The van der Waals surface area contributed by atoms with Gasteiger partial charge in [-0.1, -0.05) is 12.1 Å². The van der Waals surface area contributed by atoms with E-state index in [1.807, 2.05) is 23.2 Å². The number of rotatable bonds is 8. The zero-order chi connectivity index (χ0) is 23.9. The average molecular weight is 460 g/mol. The maximum Gasteiger partial charge on any atom is 0.345 e. The van der Waals surface area contributed by atoms with E-state index in [4.69, 9.17) is 4.74 Å². The minimum atomic E-state index is -0.488. The first kappa shape index (κ1) is 22.8. The molecule has 9 heteroatoms. The molecule has 0 aliphatic carbocycles. The van der Waals surface area contributed by atoms with Crippen molar-refractivity contribution < 1.29 is 14.6 Å². The first-order valence-electron chi connectivity index (χ1n) is 10.8. The van der Waals surface area contributed by atoms with Gasteiger partial charge < -0.3 is 25.0 Å². The van der Waals surface area contributed by atoms with Gasteiger partial charge in [-0.25, -0.2) is 4.79 Å². The lowest BCUT2D eigenvalue weighted by Gasteiger charge is -2.19. The molecule has 9 nitrogen and oxygen atoms in total. The van der Waals surface area contributed by atoms with Crippen LogP contribution in [0.4, 0.5) is 0 Å². The first-order valence-corrected chi connectivity index (χ1v) is 10.8. The Morgan fingerprint density at radius 1 is 1.21 bits per heavy atom. The highest BCUT2D eigenvalue weighted by atomic mass is 16.5. The predicted octanol–water partition coefficient (Wildman–Crippen LogP) is 2.47. The minimum Gasteiger partial charge on any atom is -0.508 e. The first-order chi connectivity index (χ1) is 16.5. The normalized spacial score (nSPS) is 12.6. The molecule has 34 heavy (non-hydrogen) atoms. The molecule has 3 N–H and O–H groups in total. The molecule has 0 fully saturated rings. The molecule has 0 saturated heterocycles. The number of benzene rings is 2. The van der Waals surface area contributed by atoms with E-state index in [1.54, 1.807) is 55.6 Å². The summed E-state index contributed by atoms with van der Waals surface area (Å²) in [5, 5.41) is 12.6. The number of hydrogen-bond acceptors (Lipinski definition) is 7. The van der Waals surface area contributed by atoms with Crippen LogP contribution in [0.2, 0.25) is 0 Å². The number of aryl methyl sites for hydroxylation is 1. The highest BCUT2D eigenvalue weighted by Crippen LogP contribution is 2.27. The van der Waals surface area contributed by atoms with E-state index in [2.05, 4.69) is 20.3 Å². The zero-order valence-electron chi connectivity index (χ0n) is 18.7. The van der Waals surface area contributed by atoms with Crippen molar-refractivity contribution in [2.45, 2.75) is 6.92 Å². The van der Waals surface area contributed by atoms with E-state index in [-0.39, 0.29) is 18.3 Å². The second kappa shape index (κ2) is 10.5. The molecule has 0 atom stereocenters. The van der Waals surface area contributed by atoms with Gasteiger partial charge in [0.2, 0.25) is 0 Å². The summed E-state index contributed by atoms with van der Waals surface area (Å²) in [6.07, 6.45) is 5.52. The van der Waals surface area contributed by atoms with E-state index in [1.165, 1.54) is 0 Å². The number of carbonyl (C=O) groups excluding carboxylic acids is 1. The van der Waals surface area contributed by atoms with Crippen molar-refractivity contribution in [2.24, 2.45) is 4.99 Å². The Kier molecular flexibility index (Phi) is 7.02. The van der Waals surface area contributed by atoms with Gasteiger partial charge in [-0.05, 0) is 60.5 Å². The third kappa shape index (κ3) is 5.89. The van der Waals surface area contributed by atoms with E-state index < -0.39 is 5.69 Å². The minimum absolute atomic E-state index is 0.127. The van der Waals surface area contributed by atoms with Crippen molar-refractivity contribution in [2.75, 3.05) is 26.4 Å². The Hall–Kier alpha value is -4.40. The number of phenols is 1. The fourth-order valence-electron chi connectivity index (χ4n) is 3.43. The van der Waals surface area contributed by atoms with Crippen molar-refractivity contribution >= 4 is 12.1 Å². The fraction of sp³-hybridized carbons (Fsp3) is 0.200. The number of allylic oxidation sites excluding steroid dienone is 1. The van der Waals surface area contributed by atoms with Crippen LogP contribution in [0.25, 0.3) is 22.5 Å². The molecule has 0 radical (unpaired) electrons. The van der Waals surface area contributed by atoms with Gasteiger partial charge in [-0.3, -0.25) is 9.79 Å². The number of aromatic amines is 1. The van der Waals surface area contributed by atoms with Gasteiger partial charge in [0.25, 0.3) is 5.91 Å². The zero-order valence-corrected chi connectivity index (χ0v) is 18.7. The molecule has 0 saturated carbocycles. The molecule has 0 spiro atoms. The standard InChI is InChI=1S/C25H25N5O4/c1-17-12-19(6-7-23(17)31)22-14-21(28-25(33)29-22)18-4-2-5-20(13-18)34-15-24(32)27-9-11-30-10-3-8-26-16-30/h2-8,10,12-14,31H,9,11,15-16H2,1H3,(H,27,32)(H,28,29,33). The van der Waals surface area contributed by atoms with Crippen LogP contribution in [-0.4, -0.2) is 58.5 Å². The van der Waals surface area contributed by atoms with Crippen LogP contribution in [0.3, 0.4) is 0 Å². The summed E-state index contributed by atoms with van der Waals surface area (Å²) in [5.74, 6) is 0.450. The smallest absolute Gasteiger partial charge is 0.345 e. The maximum atomic E-state index is 12.2. The monoisotopic (exact) mass is 459 g/mol. The van der Waals surface area contributed by atoms with Crippen molar-refractivity contribution in [1.29, 1.82) is 0 Å². The van der Waals surface area contributed by atoms with Crippen molar-refractivity contribution in [3.8, 4) is 34.0 Å². The van der Waals surface area contributed by atoms with Crippen molar-refractivity contribution in [3.05, 3.63) is 76.9 Å². The summed E-state index contributed by atoms with van der Waals surface area (Å²) in [6, 6.07) is 13.9. The maximum absolute atomic E-state index is 12.2. The van der Waals surface area contributed by atoms with E-state index in [0.717, 1.165) is 5.56 Å². The third-order valence-electron chi connectivity index (χ3n) is 5.23. The topological polar surface area (TPSA) is 120 Å². The van der Waals surface area contributed by atoms with Gasteiger partial charge in [0.05, 0.1) is 11.4 Å². The summed E-state index contributed by atoms with van der Waals surface area (Å²) in [4.78, 5) is 37.3. The Balaban J connectivity index is 1.40. The van der Waals surface area contributed by atoms with Crippen molar-refractivity contribution in [3.63, 3.8) is 0 Å². The molecule has 1 aliphatic rings. The number of phenolic OH excluding ortho intramolecular Hbond substituents is 1. The quantitative estimate of drug-likeness (QED) is 0.476. The summed E-state index contributed by atoms with van der Waals surface area (Å²) in [7, 11) is 0. The van der Waals surface area contributed by atoms with Gasteiger partial charge in [-0.15, -0.1) is 0 Å². The number of nitrogens with zero attached hydrogens (tertiary/aromatic N) is 3. The fourth-order valence-corrected chi connectivity index (χ4v) is 3.43. The molecule has 1 aliphatic heterocycles. The van der Waals surface area contributed by atoms with E-state index in [9.17, 15) is 14.7 Å². The second-order valence-electron chi connectivity index (χ2n) is 7.78. The molecule has 2 aromatic carbocycles. The summed E-state index contributed by atoms with van der Waals surface area (Å²) >= 11 is 0. The molecule has 1 aromatic heterocycles. The summed E-state index contributed by atoms with van der Waals surface area (Å²) < 4.78 is 5.64. The molecule has 2 heterocycles. The molecule has 1 amide bonds. The molecule has 0 bridgehead atoms.